The van der Waals surface area contributed by atoms with Gasteiger partial charge < -0.3 is 10.0 Å². The Morgan fingerprint density at radius 2 is 1.38 bits per heavy atom. The van der Waals surface area contributed by atoms with Crippen LogP contribution in [0.1, 0.15) is 43.2 Å². The quantitative estimate of drug-likeness (QED) is 0.297. The predicted molar refractivity (Wildman–Crippen MR) is 140 cm³/mol. The normalized spacial score (nSPS) is 17.2. The van der Waals surface area contributed by atoms with Gasteiger partial charge in [0.1, 0.15) is 11.3 Å². The number of benzene rings is 3. The van der Waals surface area contributed by atoms with E-state index in [1.54, 1.807) is 12.1 Å². The molecule has 0 unspecified atom stereocenters. The van der Waals surface area contributed by atoms with Crippen LogP contribution in [-0.2, 0) is 15.2 Å². The van der Waals surface area contributed by atoms with Crippen molar-refractivity contribution in [2.45, 2.75) is 37.7 Å². The van der Waals surface area contributed by atoms with Crippen molar-refractivity contribution < 1.29 is 19.6 Å². The molecule has 0 aliphatic carbocycles. The van der Waals surface area contributed by atoms with Crippen LogP contribution >= 0.6 is 0 Å². The minimum Gasteiger partial charge on any atom is -0.380 e. The zero-order chi connectivity index (χ0) is 26.0. The second-order valence-electron chi connectivity index (χ2n) is 9.67. The van der Waals surface area contributed by atoms with Gasteiger partial charge in [0.2, 0.25) is 11.8 Å². The van der Waals surface area contributed by atoms with Crippen molar-refractivity contribution in [3.8, 4) is 0 Å². The van der Waals surface area contributed by atoms with E-state index in [-0.39, 0.29) is 41.9 Å². The van der Waals surface area contributed by atoms with E-state index in [1.807, 2.05) is 65.6 Å². The minimum absolute atomic E-state index is 0.0875. The first-order valence-corrected chi connectivity index (χ1v) is 12.6. The molecule has 0 saturated carbocycles. The van der Waals surface area contributed by atoms with E-state index in [2.05, 4.69) is 0 Å². The number of hydrogen-bond acceptors (Lipinski definition) is 6. The summed E-state index contributed by atoms with van der Waals surface area (Å²) in [5.41, 5.74) is 1.02. The number of anilines is 2. The Morgan fingerprint density at radius 3 is 1.89 bits per heavy atom. The number of nitrogens with zero attached hydrogens (tertiary/aromatic N) is 3. The summed E-state index contributed by atoms with van der Waals surface area (Å²) < 4.78 is 0. The second-order valence-corrected chi connectivity index (χ2v) is 9.67. The first-order valence-electron chi connectivity index (χ1n) is 12.6. The number of imide groups is 1. The number of nitro groups is 1. The number of amides is 2. The van der Waals surface area contributed by atoms with Crippen molar-refractivity contribution in [2.75, 3.05) is 22.9 Å². The average Bonchev–Trinajstić information content (AvgIpc) is 2.93. The number of carbonyl (C=O) groups excluding carboxylic acids is 2. The van der Waals surface area contributed by atoms with Crippen molar-refractivity contribution in [1.82, 2.24) is 0 Å². The maximum absolute atomic E-state index is 12.3. The third-order valence-corrected chi connectivity index (χ3v) is 7.55. The summed E-state index contributed by atoms with van der Waals surface area (Å²) in [5, 5.41) is 24.1. The summed E-state index contributed by atoms with van der Waals surface area (Å²) in [7, 11) is 0. The topological polar surface area (TPSA) is 104 Å². The van der Waals surface area contributed by atoms with Crippen molar-refractivity contribution in [2.24, 2.45) is 5.92 Å². The highest BCUT2D eigenvalue weighted by molar-refractivity contribution is 6.16. The van der Waals surface area contributed by atoms with E-state index in [4.69, 9.17) is 0 Å². The highest BCUT2D eigenvalue weighted by Gasteiger charge is 2.42. The van der Waals surface area contributed by atoms with Crippen LogP contribution in [0.3, 0.4) is 0 Å². The van der Waals surface area contributed by atoms with Gasteiger partial charge in [-0.15, -0.1) is 0 Å². The molecule has 2 heterocycles. The van der Waals surface area contributed by atoms with Gasteiger partial charge in [0, 0.05) is 32.0 Å². The molecule has 8 heteroatoms. The largest absolute Gasteiger partial charge is 0.380 e. The first-order chi connectivity index (χ1) is 17.9. The number of aliphatic hydroxyl groups is 1. The van der Waals surface area contributed by atoms with Crippen LogP contribution in [0.15, 0.2) is 78.9 Å². The summed E-state index contributed by atoms with van der Waals surface area (Å²) in [6.07, 6.45) is 2.26. The SMILES string of the molecule is O=C1CCCC(=O)N1c1ccc(N2CCC(C(O)(c3ccccc3)c3ccccc3)CC2)c([N+](=O)[O-])c1. The fraction of sp³-hybridized carbons (Fsp3) is 0.310. The van der Waals surface area contributed by atoms with Crippen LogP contribution in [0, 0.1) is 16.0 Å². The van der Waals surface area contributed by atoms with E-state index in [9.17, 15) is 24.8 Å². The second kappa shape index (κ2) is 10.1. The third-order valence-electron chi connectivity index (χ3n) is 7.55. The molecule has 37 heavy (non-hydrogen) atoms. The van der Waals surface area contributed by atoms with Crippen molar-refractivity contribution in [3.63, 3.8) is 0 Å². The van der Waals surface area contributed by atoms with Crippen LogP contribution in [0.25, 0.3) is 0 Å². The van der Waals surface area contributed by atoms with Gasteiger partial charge in [0.05, 0.1) is 10.6 Å². The van der Waals surface area contributed by atoms with E-state index in [0.717, 1.165) is 16.0 Å². The number of hydrogen-bond donors (Lipinski definition) is 1. The predicted octanol–water partition coefficient (Wildman–Crippen LogP) is 4.79. The standard InChI is InChI=1S/C29H29N3O5/c33-27-12-7-13-28(34)31(27)24-14-15-25(26(20-24)32(36)37)30-18-16-23(17-19-30)29(35,21-8-3-1-4-9-21)22-10-5-2-6-11-22/h1-6,8-11,14-15,20,23,35H,7,12-13,16-19H2. The Hall–Kier alpha value is -4.04. The van der Waals surface area contributed by atoms with Gasteiger partial charge in [0.25, 0.3) is 5.69 Å². The zero-order valence-corrected chi connectivity index (χ0v) is 20.5. The van der Waals surface area contributed by atoms with Crippen LogP contribution in [-0.4, -0.2) is 34.9 Å². The first kappa shape index (κ1) is 24.6. The van der Waals surface area contributed by atoms with Gasteiger partial charge in [-0.3, -0.25) is 24.6 Å². The molecule has 0 aromatic heterocycles. The van der Waals surface area contributed by atoms with Crippen LogP contribution < -0.4 is 9.80 Å². The van der Waals surface area contributed by atoms with Crippen LogP contribution in [0.2, 0.25) is 0 Å². The lowest BCUT2D eigenvalue weighted by molar-refractivity contribution is -0.384. The maximum Gasteiger partial charge on any atom is 0.294 e. The molecule has 3 aromatic rings. The molecule has 3 aromatic carbocycles. The molecule has 2 aliphatic heterocycles. The van der Waals surface area contributed by atoms with Crippen LogP contribution in [0.5, 0.6) is 0 Å². The molecule has 0 atom stereocenters. The lowest BCUT2D eigenvalue weighted by Crippen LogP contribution is -2.44. The molecule has 2 fully saturated rings. The molecule has 0 spiro atoms. The zero-order valence-electron chi connectivity index (χ0n) is 20.5. The van der Waals surface area contributed by atoms with Crippen molar-refractivity contribution >= 4 is 28.9 Å². The third kappa shape index (κ3) is 4.60. The fourth-order valence-corrected chi connectivity index (χ4v) is 5.67. The molecule has 5 rings (SSSR count). The lowest BCUT2D eigenvalue weighted by Gasteiger charge is -2.42. The molecule has 2 amide bonds. The Kier molecular flexibility index (Phi) is 6.76. The molecule has 0 bridgehead atoms. The van der Waals surface area contributed by atoms with E-state index in [1.165, 1.54) is 6.07 Å². The summed E-state index contributed by atoms with van der Waals surface area (Å²) in [4.78, 5) is 39.2. The molecule has 190 valence electrons. The number of piperidine rings is 2. The summed E-state index contributed by atoms with van der Waals surface area (Å²) in [6.45, 7) is 1.04. The molecule has 8 nitrogen and oxygen atoms in total. The Morgan fingerprint density at radius 1 is 0.838 bits per heavy atom. The smallest absolute Gasteiger partial charge is 0.294 e. The molecular weight excluding hydrogens is 470 g/mol. The van der Waals surface area contributed by atoms with E-state index >= 15 is 0 Å². The van der Waals surface area contributed by atoms with E-state index in [0.29, 0.717) is 38.0 Å². The Labute approximate surface area is 215 Å². The summed E-state index contributed by atoms with van der Waals surface area (Å²) >= 11 is 0. The van der Waals surface area contributed by atoms with Crippen LogP contribution in [0.4, 0.5) is 17.1 Å². The summed E-state index contributed by atoms with van der Waals surface area (Å²) in [6, 6.07) is 23.8. The molecule has 0 radical (unpaired) electrons. The molecule has 1 N–H and O–H groups in total. The van der Waals surface area contributed by atoms with Gasteiger partial charge in [-0.1, -0.05) is 60.7 Å². The maximum atomic E-state index is 12.3. The fourth-order valence-electron chi connectivity index (χ4n) is 5.67. The highest BCUT2D eigenvalue weighted by atomic mass is 16.6. The lowest BCUT2D eigenvalue weighted by atomic mass is 9.72. The minimum atomic E-state index is -1.18. The number of rotatable bonds is 6. The Bertz CT molecular complexity index is 1250. The average molecular weight is 500 g/mol. The van der Waals surface area contributed by atoms with E-state index < -0.39 is 10.5 Å². The monoisotopic (exact) mass is 499 g/mol. The molecule has 2 aliphatic rings. The van der Waals surface area contributed by atoms with Gasteiger partial charge >= 0.3 is 0 Å². The van der Waals surface area contributed by atoms with Crippen molar-refractivity contribution in [3.05, 3.63) is 100 Å². The van der Waals surface area contributed by atoms with Gasteiger partial charge in [0.15, 0.2) is 0 Å². The summed E-state index contributed by atoms with van der Waals surface area (Å²) in [5.74, 6) is -0.754. The van der Waals surface area contributed by atoms with Gasteiger partial charge in [-0.05, 0) is 48.4 Å². The number of nitro benzene ring substituents is 1. The van der Waals surface area contributed by atoms with Gasteiger partial charge in [-0.2, -0.15) is 0 Å². The molecule has 2 saturated heterocycles. The number of carbonyl (C=O) groups is 2. The Balaban J connectivity index is 1.41. The van der Waals surface area contributed by atoms with Crippen molar-refractivity contribution in [1.29, 1.82) is 0 Å². The highest BCUT2D eigenvalue weighted by Crippen LogP contribution is 2.43. The molecular formula is C29H29N3O5. The van der Waals surface area contributed by atoms with Gasteiger partial charge in [-0.25, -0.2) is 0 Å².